The van der Waals surface area contributed by atoms with Crippen molar-refractivity contribution in [3.8, 4) is 5.69 Å². The van der Waals surface area contributed by atoms with E-state index in [1.54, 1.807) is 4.68 Å². The zero-order chi connectivity index (χ0) is 19.5. The molecular formula is C21H22ClN5O. The third-order valence-corrected chi connectivity index (χ3v) is 5.34. The van der Waals surface area contributed by atoms with Gasteiger partial charge in [-0.15, -0.1) is 5.10 Å². The van der Waals surface area contributed by atoms with Crippen molar-refractivity contribution in [2.75, 3.05) is 19.6 Å². The molecule has 0 spiro atoms. The molecule has 1 aliphatic rings. The van der Waals surface area contributed by atoms with Crippen molar-refractivity contribution in [1.29, 1.82) is 0 Å². The Labute approximate surface area is 169 Å². The van der Waals surface area contributed by atoms with E-state index in [0.29, 0.717) is 23.8 Å². The van der Waals surface area contributed by atoms with Gasteiger partial charge in [0.15, 0.2) is 0 Å². The maximum Gasteiger partial charge on any atom is 0.229 e. The highest BCUT2D eigenvalue weighted by molar-refractivity contribution is 6.30. The molecule has 1 unspecified atom stereocenters. The summed E-state index contributed by atoms with van der Waals surface area (Å²) in [4.78, 5) is 15.0. The highest BCUT2D eigenvalue weighted by atomic mass is 35.5. The summed E-state index contributed by atoms with van der Waals surface area (Å²) in [6, 6.07) is 17.5. The first-order valence-corrected chi connectivity index (χ1v) is 9.73. The van der Waals surface area contributed by atoms with E-state index in [1.807, 2.05) is 66.4 Å². The molecule has 1 fully saturated rings. The van der Waals surface area contributed by atoms with Gasteiger partial charge in [-0.05, 0) is 36.8 Å². The van der Waals surface area contributed by atoms with E-state index in [0.717, 1.165) is 23.5 Å². The van der Waals surface area contributed by atoms with Gasteiger partial charge in [0.1, 0.15) is 0 Å². The average Bonchev–Trinajstić information content (AvgIpc) is 3.09. The Hall–Kier alpha value is -2.70. The Morgan fingerprint density at radius 3 is 2.82 bits per heavy atom. The molecule has 1 aromatic heterocycles. The summed E-state index contributed by atoms with van der Waals surface area (Å²) in [5.74, 6) is 0.0506. The van der Waals surface area contributed by atoms with Gasteiger partial charge in [-0.3, -0.25) is 4.79 Å². The van der Waals surface area contributed by atoms with E-state index in [9.17, 15) is 4.79 Å². The van der Waals surface area contributed by atoms with Crippen LogP contribution in [0.15, 0.2) is 54.6 Å². The van der Waals surface area contributed by atoms with Crippen molar-refractivity contribution in [3.63, 3.8) is 0 Å². The lowest BCUT2D eigenvalue weighted by Crippen LogP contribution is -2.49. The van der Waals surface area contributed by atoms with Crippen LogP contribution in [0.1, 0.15) is 23.0 Å². The third kappa shape index (κ3) is 3.79. The number of halogens is 1. The standard InChI is InChI=1S/C21H22ClN5O/c1-15-19(24-25-27(15)18-8-3-2-4-9-18)13-21(28)26-11-10-23-14-20(26)16-6-5-7-17(22)12-16/h2-9,12,20,23H,10-11,13-14H2,1H3. The number of nitrogens with zero attached hydrogens (tertiary/aromatic N) is 4. The molecule has 1 saturated heterocycles. The van der Waals surface area contributed by atoms with Crippen LogP contribution in [-0.4, -0.2) is 45.4 Å². The number of carbonyl (C=O) groups is 1. The lowest BCUT2D eigenvalue weighted by atomic mass is 10.0. The van der Waals surface area contributed by atoms with Gasteiger partial charge in [-0.1, -0.05) is 47.1 Å². The molecule has 28 heavy (non-hydrogen) atoms. The normalized spacial score (nSPS) is 16.9. The second-order valence-electron chi connectivity index (χ2n) is 6.91. The topological polar surface area (TPSA) is 63.1 Å². The quantitative estimate of drug-likeness (QED) is 0.737. The zero-order valence-electron chi connectivity index (χ0n) is 15.7. The van der Waals surface area contributed by atoms with Gasteiger partial charge in [0.25, 0.3) is 0 Å². The van der Waals surface area contributed by atoms with E-state index in [1.165, 1.54) is 0 Å². The molecule has 3 aromatic rings. The van der Waals surface area contributed by atoms with Crippen molar-refractivity contribution in [1.82, 2.24) is 25.2 Å². The molecule has 0 radical (unpaired) electrons. The first-order chi connectivity index (χ1) is 13.6. The van der Waals surface area contributed by atoms with Gasteiger partial charge in [0.05, 0.1) is 29.5 Å². The van der Waals surface area contributed by atoms with Gasteiger partial charge < -0.3 is 10.2 Å². The number of amides is 1. The lowest BCUT2D eigenvalue weighted by molar-refractivity contribution is -0.133. The number of rotatable bonds is 4. The predicted molar refractivity (Wildman–Crippen MR) is 109 cm³/mol. The van der Waals surface area contributed by atoms with Crippen molar-refractivity contribution in [3.05, 3.63) is 76.6 Å². The van der Waals surface area contributed by atoms with E-state index in [4.69, 9.17) is 11.6 Å². The molecule has 2 aromatic carbocycles. The van der Waals surface area contributed by atoms with Gasteiger partial charge in [0.2, 0.25) is 5.91 Å². The minimum absolute atomic E-state index is 0.0376. The van der Waals surface area contributed by atoms with Crippen LogP contribution < -0.4 is 5.32 Å². The van der Waals surface area contributed by atoms with Gasteiger partial charge in [-0.25, -0.2) is 4.68 Å². The summed E-state index contributed by atoms with van der Waals surface area (Å²) in [6.45, 7) is 4.09. The van der Waals surface area contributed by atoms with Crippen LogP contribution in [0.25, 0.3) is 5.69 Å². The first-order valence-electron chi connectivity index (χ1n) is 9.36. The molecule has 1 aliphatic heterocycles. The van der Waals surface area contributed by atoms with Crippen LogP contribution in [-0.2, 0) is 11.2 Å². The van der Waals surface area contributed by atoms with Gasteiger partial charge in [-0.2, -0.15) is 0 Å². The van der Waals surface area contributed by atoms with E-state index >= 15 is 0 Å². The smallest absolute Gasteiger partial charge is 0.229 e. The summed E-state index contributed by atoms with van der Waals surface area (Å²) in [6.07, 6.45) is 0.232. The zero-order valence-corrected chi connectivity index (χ0v) is 16.4. The molecule has 0 saturated carbocycles. The predicted octanol–water partition coefficient (Wildman–Crippen LogP) is 2.94. The fourth-order valence-corrected chi connectivity index (χ4v) is 3.80. The van der Waals surface area contributed by atoms with Crippen LogP contribution in [0.3, 0.4) is 0 Å². The van der Waals surface area contributed by atoms with E-state index in [-0.39, 0.29) is 18.4 Å². The minimum atomic E-state index is -0.0376. The second kappa shape index (κ2) is 8.12. The number of hydrogen-bond donors (Lipinski definition) is 1. The number of benzene rings is 2. The van der Waals surface area contributed by atoms with Crippen LogP contribution in [0.2, 0.25) is 5.02 Å². The Morgan fingerprint density at radius 1 is 1.21 bits per heavy atom. The summed E-state index contributed by atoms with van der Waals surface area (Å²) < 4.78 is 1.77. The Morgan fingerprint density at radius 2 is 2.04 bits per heavy atom. The van der Waals surface area contributed by atoms with Gasteiger partial charge >= 0.3 is 0 Å². The lowest BCUT2D eigenvalue weighted by Gasteiger charge is -2.36. The number of piperazine rings is 1. The molecule has 0 aliphatic carbocycles. The number of nitrogens with one attached hydrogen (secondary N) is 1. The largest absolute Gasteiger partial charge is 0.333 e. The number of aromatic nitrogens is 3. The second-order valence-corrected chi connectivity index (χ2v) is 7.34. The van der Waals surface area contributed by atoms with Crippen molar-refractivity contribution >= 4 is 17.5 Å². The first kappa shape index (κ1) is 18.7. The molecule has 2 heterocycles. The summed E-state index contributed by atoms with van der Waals surface area (Å²) in [5, 5.41) is 12.6. The fraction of sp³-hybridized carbons (Fsp3) is 0.286. The highest BCUT2D eigenvalue weighted by Crippen LogP contribution is 2.25. The van der Waals surface area contributed by atoms with Crippen LogP contribution in [0.4, 0.5) is 0 Å². The molecule has 1 amide bonds. The number of hydrogen-bond acceptors (Lipinski definition) is 4. The van der Waals surface area contributed by atoms with Gasteiger partial charge in [0, 0.05) is 24.7 Å². The number of carbonyl (C=O) groups excluding carboxylic acids is 1. The van der Waals surface area contributed by atoms with Crippen molar-refractivity contribution in [2.24, 2.45) is 0 Å². The monoisotopic (exact) mass is 395 g/mol. The third-order valence-electron chi connectivity index (χ3n) is 5.11. The minimum Gasteiger partial charge on any atom is -0.333 e. The Balaban J connectivity index is 1.55. The molecule has 144 valence electrons. The van der Waals surface area contributed by atoms with E-state index < -0.39 is 0 Å². The fourth-order valence-electron chi connectivity index (χ4n) is 3.60. The summed E-state index contributed by atoms with van der Waals surface area (Å²) >= 11 is 6.16. The van der Waals surface area contributed by atoms with Crippen LogP contribution >= 0.6 is 11.6 Å². The number of para-hydroxylation sites is 1. The van der Waals surface area contributed by atoms with E-state index in [2.05, 4.69) is 15.6 Å². The molecule has 1 N–H and O–H groups in total. The molecular weight excluding hydrogens is 374 g/mol. The molecule has 1 atom stereocenters. The van der Waals surface area contributed by atoms with Crippen molar-refractivity contribution < 1.29 is 4.79 Å². The molecule has 4 rings (SSSR count). The van der Waals surface area contributed by atoms with Crippen LogP contribution in [0.5, 0.6) is 0 Å². The SMILES string of the molecule is Cc1c(CC(=O)N2CCNCC2c2cccc(Cl)c2)nnn1-c1ccccc1. The maximum atomic E-state index is 13.1. The molecule has 6 nitrogen and oxygen atoms in total. The van der Waals surface area contributed by atoms with Crippen LogP contribution in [0, 0.1) is 6.92 Å². The van der Waals surface area contributed by atoms with Crippen molar-refractivity contribution in [2.45, 2.75) is 19.4 Å². The Kier molecular flexibility index (Phi) is 5.41. The summed E-state index contributed by atoms with van der Waals surface area (Å²) in [5.41, 5.74) is 3.56. The Bertz CT molecular complexity index is 972. The maximum absolute atomic E-state index is 13.1. The average molecular weight is 396 g/mol. The molecule has 0 bridgehead atoms. The summed E-state index contributed by atoms with van der Waals surface area (Å²) in [7, 11) is 0. The molecule has 7 heteroatoms. The highest BCUT2D eigenvalue weighted by Gasteiger charge is 2.29.